The lowest BCUT2D eigenvalue weighted by Gasteiger charge is -2.09. The van der Waals surface area contributed by atoms with Crippen molar-refractivity contribution in [3.63, 3.8) is 0 Å². The Bertz CT molecular complexity index is 491. The van der Waals surface area contributed by atoms with Crippen LogP contribution in [0.3, 0.4) is 0 Å². The highest BCUT2D eigenvalue weighted by atomic mass is 79.9. The highest BCUT2D eigenvalue weighted by molar-refractivity contribution is 9.10. The van der Waals surface area contributed by atoms with Gasteiger partial charge in [0.1, 0.15) is 0 Å². The molecule has 4 heteroatoms. The van der Waals surface area contributed by atoms with Crippen molar-refractivity contribution in [2.75, 3.05) is 5.32 Å². The summed E-state index contributed by atoms with van der Waals surface area (Å²) in [4.78, 5) is 7.39. The summed E-state index contributed by atoms with van der Waals surface area (Å²) in [7, 11) is 0. The number of aromatic amines is 1. The molecule has 84 valence electrons. The monoisotopic (exact) mass is 279 g/mol. The van der Waals surface area contributed by atoms with E-state index in [9.17, 15) is 0 Å². The van der Waals surface area contributed by atoms with E-state index in [0.29, 0.717) is 0 Å². The lowest BCUT2D eigenvalue weighted by atomic mass is 10.1. The number of aromatic nitrogens is 2. The summed E-state index contributed by atoms with van der Waals surface area (Å²) in [6.45, 7) is 4.13. The van der Waals surface area contributed by atoms with Crippen molar-refractivity contribution in [3.05, 3.63) is 40.1 Å². The number of nitrogens with one attached hydrogen (secondary N) is 2. The van der Waals surface area contributed by atoms with Crippen molar-refractivity contribution in [2.45, 2.75) is 20.3 Å². The number of anilines is 2. The topological polar surface area (TPSA) is 40.7 Å². The Morgan fingerprint density at radius 3 is 2.88 bits per heavy atom. The van der Waals surface area contributed by atoms with Crippen LogP contribution in [0.15, 0.2) is 28.9 Å². The molecule has 0 atom stereocenters. The van der Waals surface area contributed by atoms with Gasteiger partial charge in [-0.25, -0.2) is 4.98 Å². The number of hydrogen-bond acceptors (Lipinski definition) is 2. The lowest BCUT2D eigenvalue weighted by Crippen LogP contribution is -1.96. The van der Waals surface area contributed by atoms with Gasteiger partial charge in [0.2, 0.25) is 5.95 Å². The van der Waals surface area contributed by atoms with E-state index >= 15 is 0 Å². The van der Waals surface area contributed by atoms with Crippen molar-refractivity contribution in [1.82, 2.24) is 9.97 Å². The third kappa shape index (κ3) is 2.44. The molecule has 1 aromatic heterocycles. The first-order valence-electron chi connectivity index (χ1n) is 5.26. The highest BCUT2D eigenvalue weighted by Crippen LogP contribution is 2.23. The molecule has 0 bridgehead atoms. The molecule has 0 amide bonds. The predicted molar refractivity (Wildman–Crippen MR) is 70.1 cm³/mol. The van der Waals surface area contributed by atoms with E-state index in [4.69, 9.17) is 0 Å². The Morgan fingerprint density at radius 2 is 2.25 bits per heavy atom. The van der Waals surface area contributed by atoms with Crippen LogP contribution in [-0.2, 0) is 6.42 Å². The van der Waals surface area contributed by atoms with Crippen LogP contribution in [0.1, 0.15) is 18.2 Å². The van der Waals surface area contributed by atoms with Gasteiger partial charge in [-0.3, -0.25) is 0 Å². The van der Waals surface area contributed by atoms with Crippen LogP contribution in [0.5, 0.6) is 0 Å². The van der Waals surface area contributed by atoms with Gasteiger partial charge in [0.05, 0.1) is 0 Å². The Kier molecular flexibility index (Phi) is 3.29. The van der Waals surface area contributed by atoms with Gasteiger partial charge in [-0.15, -0.1) is 0 Å². The molecule has 0 saturated heterocycles. The van der Waals surface area contributed by atoms with Crippen molar-refractivity contribution in [2.24, 2.45) is 0 Å². The highest BCUT2D eigenvalue weighted by Gasteiger charge is 2.03. The van der Waals surface area contributed by atoms with Gasteiger partial charge in [-0.2, -0.15) is 0 Å². The molecule has 0 aliphatic heterocycles. The number of aryl methyl sites for hydroxylation is 2. The fourth-order valence-electron chi connectivity index (χ4n) is 1.58. The molecule has 2 N–H and O–H groups in total. The van der Waals surface area contributed by atoms with Gasteiger partial charge in [0, 0.05) is 22.1 Å². The predicted octanol–water partition coefficient (Wildman–Crippen LogP) is 3.79. The van der Waals surface area contributed by atoms with Crippen LogP contribution < -0.4 is 5.32 Å². The van der Waals surface area contributed by atoms with Crippen molar-refractivity contribution < 1.29 is 0 Å². The summed E-state index contributed by atoms with van der Waals surface area (Å²) in [5, 5.41) is 3.28. The fourth-order valence-corrected chi connectivity index (χ4v) is 1.99. The number of rotatable bonds is 3. The van der Waals surface area contributed by atoms with E-state index in [1.807, 2.05) is 19.2 Å². The zero-order valence-electron chi connectivity index (χ0n) is 9.34. The van der Waals surface area contributed by atoms with E-state index in [-0.39, 0.29) is 0 Å². The summed E-state index contributed by atoms with van der Waals surface area (Å²) in [6.07, 6.45) is 2.80. The first-order chi connectivity index (χ1) is 7.69. The van der Waals surface area contributed by atoms with Crippen LogP contribution >= 0.6 is 15.9 Å². The Balaban J connectivity index is 2.27. The van der Waals surface area contributed by atoms with Gasteiger partial charge in [0.25, 0.3) is 0 Å². The second-order valence-corrected chi connectivity index (χ2v) is 4.61. The van der Waals surface area contributed by atoms with Gasteiger partial charge in [-0.1, -0.05) is 22.9 Å². The molecule has 0 saturated carbocycles. The average molecular weight is 280 g/mol. The molecular weight excluding hydrogens is 266 g/mol. The standard InChI is InChI=1S/C12H14BrN3/c1-3-9-6-10(13)4-5-11(9)16-12-14-7-8(2)15-12/h4-7H,3H2,1-2H3,(H2,14,15,16). The molecule has 0 radical (unpaired) electrons. The van der Waals surface area contributed by atoms with E-state index in [2.05, 4.69) is 50.3 Å². The fraction of sp³-hybridized carbons (Fsp3) is 0.250. The number of benzene rings is 1. The van der Waals surface area contributed by atoms with E-state index in [1.54, 1.807) is 0 Å². The van der Waals surface area contributed by atoms with Crippen LogP contribution in [0.4, 0.5) is 11.6 Å². The maximum Gasteiger partial charge on any atom is 0.204 e. The minimum absolute atomic E-state index is 0.787. The van der Waals surface area contributed by atoms with E-state index in [1.165, 1.54) is 5.56 Å². The molecule has 0 unspecified atom stereocenters. The molecular formula is C12H14BrN3. The molecule has 1 heterocycles. The normalized spacial score (nSPS) is 10.4. The second kappa shape index (κ2) is 4.70. The number of nitrogens with zero attached hydrogens (tertiary/aromatic N) is 1. The van der Waals surface area contributed by atoms with Gasteiger partial charge in [-0.05, 0) is 37.1 Å². The first-order valence-corrected chi connectivity index (χ1v) is 6.05. The Labute approximate surface area is 103 Å². The minimum atomic E-state index is 0.787. The summed E-state index contributed by atoms with van der Waals surface area (Å²) < 4.78 is 1.10. The molecule has 2 aromatic rings. The third-order valence-electron chi connectivity index (χ3n) is 2.40. The zero-order valence-corrected chi connectivity index (χ0v) is 10.9. The summed E-state index contributed by atoms with van der Waals surface area (Å²) in [5.74, 6) is 0.787. The molecule has 0 aliphatic rings. The first kappa shape index (κ1) is 11.2. The summed E-state index contributed by atoms with van der Waals surface area (Å²) in [6, 6.07) is 6.20. The zero-order chi connectivity index (χ0) is 11.5. The number of hydrogen-bond donors (Lipinski definition) is 2. The molecule has 2 rings (SSSR count). The van der Waals surface area contributed by atoms with Crippen LogP contribution in [-0.4, -0.2) is 9.97 Å². The van der Waals surface area contributed by atoms with Crippen molar-refractivity contribution in [1.29, 1.82) is 0 Å². The molecule has 3 nitrogen and oxygen atoms in total. The summed E-state index contributed by atoms with van der Waals surface area (Å²) in [5.41, 5.74) is 3.42. The third-order valence-corrected chi connectivity index (χ3v) is 2.90. The Morgan fingerprint density at radius 1 is 1.44 bits per heavy atom. The molecule has 0 spiro atoms. The average Bonchev–Trinajstić information content (AvgIpc) is 2.67. The molecule has 0 aliphatic carbocycles. The van der Waals surface area contributed by atoms with Gasteiger partial charge < -0.3 is 10.3 Å². The largest absolute Gasteiger partial charge is 0.328 e. The maximum atomic E-state index is 4.23. The SMILES string of the molecule is CCc1cc(Br)ccc1Nc1ncc(C)[nH]1. The summed E-state index contributed by atoms with van der Waals surface area (Å²) >= 11 is 3.48. The van der Waals surface area contributed by atoms with Crippen LogP contribution in [0.2, 0.25) is 0 Å². The van der Waals surface area contributed by atoms with Crippen LogP contribution in [0.25, 0.3) is 0 Å². The van der Waals surface area contributed by atoms with Crippen molar-refractivity contribution >= 4 is 27.6 Å². The molecule has 0 fully saturated rings. The van der Waals surface area contributed by atoms with Crippen molar-refractivity contribution in [3.8, 4) is 0 Å². The number of H-pyrrole nitrogens is 1. The molecule has 1 aromatic carbocycles. The lowest BCUT2D eigenvalue weighted by molar-refractivity contribution is 1.13. The molecule has 16 heavy (non-hydrogen) atoms. The minimum Gasteiger partial charge on any atom is -0.328 e. The van der Waals surface area contributed by atoms with Crippen LogP contribution in [0, 0.1) is 6.92 Å². The second-order valence-electron chi connectivity index (χ2n) is 3.69. The Hall–Kier alpha value is -1.29. The quantitative estimate of drug-likeness (QED) is 0.898. The van der Waals surface area contributed by atoms with E-state index in [0.717, 1.165) is 28.2 Å². The maximum absolute atomic E-state index is 4.23. The number of halogens is 1. The smallest absolute Gasteiger partial charge is 0.204 e. The van der Waals surface area contributed by atoms with Gasteiger partial charge in [0.15, 0.2) is 0 Å². The van der Waals surface area contributed by atoms with E-state index < -0.39 is 0 Å². The number of imidazole rings is 1. The van der Waals surface area contributed by atoms with Gasteiger partial charge >= 0.3 is 0 Å².